The summed E-state index contributed by atoms with van der Waals surface area (Å²) in [6, 6.07) is 8.72. The molecule has 0 bridgehead atoms. The van der Waals surface area contributed by atoms with Gasteiger partial charge >= 0.3 is 0 Å². The molecule has 1 saturated heterocycles. The van der Waals surface area contributed by atoms with Crippen LogP contribution in [0.3, 0.4) is 0 Å². The summed E-state index contributed by atoms with van der Waals surface area (Å²) in [4.78, 5) is 25.8. The Morgan fingerprint density at radius 3 is 2.48 bits per heavy atom. The maximum atomic E-state index is 13.7. The van der Waals surface area contributed by atoms with Crippen LogP contribution in [0.1, 0.15) is 25.2 Å². The molecule has 27 heavy (non-hydrogen) atoms. The molecule has 0 saturated carbocycles. The van der Waals surface area contributed by atoms with Crippen LogP contribution in [0.4, 0.5) is 4.39 Å². The summed E-state index contributed by atoms with van der Waals surface area (Å²) >= 11 is 0. The first-order valence-corrected chi connectivity index (χ1v) is 9.47. The molecular weight excluding hydrogens is 343 g/mol. The van der Waals surface area contributed by atoms with Crippen LogP contribution in [0.25, 0.3) is 0 Å². The van der Waals surface area contributed by atoms with Crippen molar-refractivity contribution >= 4 is 5.78 Å². The van der Waals surface area contributed by atoms with E-state index < -0.39 is 5.54 Å². The van der Waals surface area contributed by atoms with E-state index in [0.717, 1.165) is 38.4 Å². The van der Waals surface area contributed by atoms with Crippen LogP contribution in [-0.4, -0.2) is 63.8 Å². The third-order valence-electron chi connectivity index (χ3n) is 5.41. The fourth-order valence-electron chi connectivity index (χ4n) is 3.46. The van der Waals surface area contributed by atoms with Crippen molar-refractivity contribution < 1.29 is 9.18 Å². The summed E-state index contributed by atoms with van der Waals surface area (Å²) in [6.07, 6.45) is 4.31. The summed E-state index contributed by atoms with van der Waals surface area (Å²) in [5, 5.41) is 0. The molecule has 1 fully saturated rings. The standard InChI is InChI=1S/C21H27FN4O/c1-21(2,20(27)16-17-6-3-4-9-23-17)26-14-12-25(13-15-26)11-8-19-18(22)7-5-10-24-19/h3-7,9-10H,8,11-16H2,1-2H3. The first-order chi connectivity index (χ1) is 13.0. The van der Waals surface area contributed by atoms with Crippen LogP contribution in [0, 0.1) is 5.82 Å². The third-order valence-corrected chi connectivity index (χ3v) is 5.41. The van der Waals surface area contributed by atoms with Gasteiger partial charge in [0.25, 0.3) is 0 Å². The quantitative estimate of drug-likeness (QED) is 0.749. The van der Waals surface area contributed by atoms with Crippen LogP contribution < -0.4 is 0 Å². The lowest BCUT2D eigenvalue weighted by atomic mass is 9.92. The second kappa shape index (κ2) is 8.67. The van der Waals surface area contributed by atoms with Gasteiger partial charge in [-0.1, -0.05) is 6.07 Å². The Hall–Kier alpha value is -2.18. The molecule has 0 unspecified atom stereocenters. The average molecular weight is 370 g/mol. The lowest BCUT2D eigenvalue weighted by Gasteiger charge is -2.43. The van der Waals surface area contributed by atoms with Crippen molar-refractivity contribution in [3.63, 3.8) is 0 Å². The number of hydrogen-bond acceptors (Lipinski definition) is 5. The molecule has 0 radical (unpaired) electrons. The van der Waals surface area contributed by atoms with Crippen LogP contribution in [0.15, 0.2) is 42.7 Å². The van der Waals surface area contributed by atoms with Crippen molar-refractivity contribution in [3.8, 4) is 0 Å². The smallest absolute Gasteiger partial charge is 0.158 e. The van der Waals surface area contributed by atoms with E-state index in [-0.39, 0.29) is 11.6 Å². The zero-order chi connectivity index (χ0) is 19.3. The topological polar surface area (TPSA) is 49.3 Å². The lowest BCUT2D eigenvalue weighted by molar-refractivity contribution is -0.130. The first-order valence-electron chi connectivity index (χ1n) is 9.47. The summed E-state index contributed by atoms with van der Waals surface area (Å²) in [5.74, 6) is -0.0532. The SMILES string of the molecule is CC(C)(C(=O)Cc1ccccn1)N1CCN(CCc2ncccc2F)CC1. The van der Waals surface area contributed by atoms with Crippen molar-refractivity contribution in [2.24, 2.45) is 0 Å². The summed E-state index contributed by atoms with van der Waals surface area (Å²) in [6.45, 7) is 8.17. The van der Waals surface area contributed by atoms with E-state index in [2.05, 4.69) is 19.8 Å². The van der Waals surface area contributed by atoms with Gasteiger partial charge in [0.1, 0.15) is 5.82 Å². The van der Waals surface area contributed by atoms with E-state index in [1.54, 1.807) is 18.5 Å². The fraction of sp³-hybridized carbons (Fsp3) is 0.476. The van der Waals surface area contributed by atoms with Gasteiger partial charge < -0.3 is 4.90 Å². The van der Waals surface area contributed by atoms with Gasteiger partial charge in [-0.3, -0.25) is 19.7 Å². The van der Waals surface area contributed by atoms with E-state index in [1.165, 1.54) is 6.07 Å². The number of Topliss-reactive ketones (excluding diaryl/α,β-unsaturated/α-hetero) is 1. The molecule has 1 aliphatic heterocycles. The Bertz CT molecular complexity index is 758. The van der Waals surface area contributed by atoms with E-state index in [4.69, 9.17) is 0 Å². The Balaban J connectivity index is 1.50. The van der Waals surface area contributed by atoms with Gasteiger partial charge in [0, 0.05) is 57.2 Å². The number of carbonyl (C=O) groups is 1. The summed E-state index contributed by atoms with van der Waals surface area (Å²) in [5.41, 5.74) is 0.814. The molecule has 3 rings (SSSR count). The highest BCUT2D eigenvalue weighted by molar-refractivity contribution is 5.89. The third kappa shape index (κ3) is 4.96. The Kier molecular flexibility index (Phi) is 6.29. The van der Waals surface area contributed by atoms with Crippen molar-refractivity contribution in [2.75, 3.05) is 32.7 Å². The number of pyridine rings is 2. The minimum atomic E-state index is -0.517. The van der Waals surface area contributed by atoms with Crippen LogP contribution in [-0.2, 0) is 17.6 Å². The van der Waals surface area contributed by atoms with Crippen molar-refractivity contribution in [2.45, 2.75) is 32.2 Å². The molecule has 1 aliphatic rings. The molecule has 0 atom stereocenters. The van der Waals surface area contributed by atoms with Crippen LogP contribution in [0.2, 0.25) is 0 Å². The van der Waals surface area contributed by atoms with Gasteiger partial charge in [-0.15, -0.1) is 0 Å². The van der Waals surface area contributed by atoms with E-state index in [0.29, 0.717) is 18.5 Å². The highest BCUT2D eigenvalue weighted by atomic mass is 19.1. The number of ketones is 1. The number of piperazine rings is 1. The van der Waals surface area contributed by atoms with E-state index in [1.807, 2.05) is 32.0 Å². The van der Waals surface area contributed by atoms with E-state index in [9.17, 15) is 9.18 Å². The molecule has 2 aromatic rings. The molecular formula is C21H27FN4O. The predicted octanol–water partition coefficient (Wildman–Crippen LogP) is 2.37. The molecule has 2 aromatic heterocycles. The van der Waals surface area contributed by atoms with Gasteiger partial charge in [-0.25, -0.2) is 4.39 Å². The normalized spacial score (nSPS) is 16.4. The lowest BCUT2D eigenvalue weighted by Crippen LogP contribution is -2.58. The number of nitrogens with zero attached hydrogens (tertiary/aromatic N) is 4. The number of rotatable bonds is 7. The van der Waals surface area contributed by atoms with Crippen LogP contribution in [0.5, 0.6) is 0 Å². The van der Waals surface area contributed by atoms with Gasteiger partial charge in [-0.2, -0.15) is 0 Å². The molecule has 144 valence electrons. The minimum Gasteiger partial charge on any atom is -0.300 e. The molecule has 3 heterocycles. The zero-order valence-electron chi connectivity index (χ0n) is 16.1. The zero-order valence-corrected chi connectivity index (χ0v) is 16.1. The predicted molar refractivity (Wildman–Crippen MR) is 103 cm³/mol. The maximum Gasteiger partial charge on any atom is 0.158 e. The highest BCUT2D eigenvalue weighted by Crippen LogP contribution is 2.20. The van der Waals surface area contributed by atoms with Crippen molar-refractivity contribution in [3.05, 3.63) is 59.9 Å². The van der Waals surface area contributed by atoms with Gasteiger partial charge in [0.05, 0.1) is 17.7 Å². The first kappa shape index (κ1) is 19.6. The molecule has 0 aromatic carbocycles. The Labute approximate surface area is 160 Å². The number of hydrogen-bond donors (Lipinski definition) is 0. The molecule has 0 N–H and O–H groups in total. The largest absolute Gasteiger partial charge is 0.300 e. The average Bonchev–Trinajstić information content (AvgIpc) is 2.68. The van der Waals surface area contributed by atoms with Gasteiger partial charge in [-0.05, 0) is 38.1 Å². The van der Waals surface area contributed by atoms with Crippen molar-refractivity contribution in [1.82, 2.24) is 19.8 Å². The monoisotopic (exact) mass is 370 g/mol. The second-order valence-corrected chi connectivity index (χ2v) is 7.49. The number of aromatic nitrogens is 2. The molecule has 0 aliphatic carbocycles. The Morgan fingerprint density at radius 2 is 1.81 bits per heavy atom. The summed E-state index contributed by atoms with van der Waals surface area (Å²) < 4.78 is 13.7. The maximum absolute atomic E-state index is 13.7. The second-order valence-electron chi connectivity index (χ2n) is 7.49. The highest BCUT2D eigenvalue weighted by Gasteiger charge is 2.36. The number of halogens is 1. The van der Waals surface area contributed by atoms with E-state index >= 15 is 0 Å². The fourth-order valence-corrected chi connectivity index (χ4v) is 3.46. The van der Waals surface area contributed by atoms with Crippen molar-refractivity contribution in [1.29, 1.82) is 0 Å². The number of carbonyl (C=O) groups excluding carboxylic acids is 1. The Morgan fingerprint density at radius 1 is 1.07 bits per heavy atom. The van der Waals surface area contributed by atoms with Crippen LogP contribution >= 0.6 is 0 Å². The molecule has 5 nitrogen and oxygen atoms in total. The molecule has 0 amide bonds. The van der Waals surface area contributed by atoms with Gasteiger partial charge in [0.2, 0.25) is 0 Å². The minimum absolute atomic E-state index is 0.185. The molecule has 0 spiro atoms. The summed E-state index contributed by atoms with van der Waals surface area (Å²) in [7, 11) is 0. The van der Waals surface area contributed by atoms with Gasteiger partial charge in [0.15, 0.2) is 5.78 Å². The molecule has 6 heteroatoms.